The largest absolute Gasteiger partial charge is 0.486 e. The lowest BCUT2D eigenvalue weighted by Gasteiger charge is -2.25. The first-order valence-electron chi connectivity index (χ1n) is 6.34. The molecule has 1 aliphatic heterocycles. The molecule has 2 rings (SSSR count). The first-order valence-corrected chi connectivity index (χ1v) is 6.34. The number of ether oxygens (including phenoxy) is 2. The Bertz CT molecular complexity index is 498. The highest BCUT2D eigenvalue weighted by Gasteiger charge is 2.26. The highest BCUT2D eigenvalue weighted by atomic mass is 16.6. The number of amides is 1. The Morgan fingerprint density at radius 3 is 2.37 bits per heavy atom. The van der Waals surface area contributed by atoms with Gasteiger partial charge in [-0.05, 0) is 39.4 Å². The number of fused-ring (bicyclic) bond motifs is 1. The molecule has 0 bridgehead atoms. The molecule has 0 spiro atoms. The number of anilines is 1. The van der Waals surface area contributed by atoms with Gasteiger partial charge in [0.15, 0.2) is 11.5 Å². The van der Waals surface area contributed by atoms with Gasteiger partial charge in [0.05, 0.1) is 5.54 Å². The summed E-state index contributed by atoms with van der Waals surface area (Å²) >= 11 is 0. The number of nitrogens with one attached hydrogen (secondary N) is 2. The van der Waals surface area contributed by atoms with E-state index in [0.717, 1.165) is 17.0 Å². The highest BCUT2D eigenvalue weighted by molar-refractivity contribution is 5.98. The zero-order valence-corrected chi connectivity index (χ0v) is 11.8. The summed E-state index contributed by atoms with van der Waals surface area (Å²) in [6.07, 6.45) is 0. The fourth-order valence-corrected chi connectivity index (χ4v) is 1.72. The second-order valence-corrected chi connectivity index (χ2v) is 5.14. The molecule has 1 aromatic carbocycles. The fourth-order valence-electron chi connectivity index (χ4n) is 1.72. The van der Waals surface area contributed by atoms with E-state index >= 15 is 0 Å². The van der Waals surface area contributed by atoms with Crippen molar-refractivity contribution >= 4 is 11.6 Å². The van der Waals surface area contributed by atoms with Crippen LogP contribution in [0.2, 0.25) is 0 Å². The Morgan fingerprint density at radius 2 is 1.79 bits per heavy atom. The van der Waals surface area contributed by atoms with E-state index in [1.807, 2.05) is 32.9 Å². The van der Waals surface area contributed by atoms with Crippen LogP contribution < -0.4 is 20.1 Å². The van der Waals surface area contributed by atoms with Gasteiger partial charge in [0.1, 0.15) is 13.2 Å². The smallest absolute Gasteiger partial charge is 0.244 e. The minimum absolute atomic E-state index is 0.0882. The summed E-state index contributed by atoms with van der Waals surface area (Å²) in [7, 11) is 1.76. The van der Waals surface area contributed by atoms with E-state index in [1.165, 1.54) is 0 Å². The first-order chi connectivity index (χ1) is 8.94. The average Bonchev–Trinajstić information content (AvgIpc) is 2.39. The second-order valence-electron chi connectivity index (χ2n) is 5.14. The maximum atomic E-state index is 12.1. The molecule has 0 aliphatic carbocycles. The minimum atomic E-state index is -0.625. The summed E-state index contributed by atoms with van der Waals surface area (Å²) < 4.78 is 11.0. The van der Waals surface area contributed by atoms with Gasteiger partial charge in [-0.15, -0.1) is 0 Å². The van der Waals surface area contributed by atoms with Crippen LogP contribution in [0, 0.1) is 6.92 Å². The molecule has 1 aliphatic rings. The van der Waals surface area contributed by atoms with Gasteiger partial charge in [-0.2, -0.15) is 0 Å². The second kappa shape index (κ2) is 5.09. The van der Waals surface area contributed by atoms with Gasteiger partial charge < -0.3 is 20.1 Å². The number of carbonyl (C=O) groups excluding carboxylic acids is 1. The Morgan fingerprint density at radius 1 is 1.21 bits per heavy atom. The van der Waals surface area contributed by atoms with Crippen LogP contribution in [-0.2, 0) is 4.79 Å². The predicted molar refractivity (Wildman–Crippen MR) is 73.9 cm³/mol. The number of benzene rings is 1. The topological polar surface area (TPSA) is 59.6 Å². The fraction of sp³-hybridized carbons (Fsp3) is 0.500. The van der Waals surface area contributed by atoms with Crippen LogP contribution >= 0.6 is 0 Å². The van der Waals surface area contributed by atoms with E-state index in [9.17, 15) is 4.79 Å². The number of aryl methyl sites for hydroxylation is 1. The van der Waals surface area contributed by atoms with E-state index in [1.54, 1.807) is 7.05 Å². The molecular formula is C14H20N2O3. The van der Waals surface area contributed by atoms with Gasteiger partial charge in [0, 0.05) is 11.8 Å². The van der Waals surface area contributed by atoms with Crippen molar-refractivity contribution < 1.29 is 14.3 Å². The summed E-state index contributed by atoms with van der Waals surface area (Å²) in [4.78, 5) is 12.1. The zero-order valence-electron chi connectivity index (χ0n) is 11.8. The van der Waals surface area contributed by atoms with Gasteiger partial charge in [-0.1, -0.05) is 0 Å². The van der Waals surface area contributed by atoms with E-state index in [4.69, 9.17) is 9.47 Å². The summed E-state index contributed by atoms with van der Waals surface area (Å²) in [6.45, 7) is 6.68. The number of likely N-dealkylation sites (N-methyl/N-ethyl adjacent to an activating group) is 1. The van der Waals surface area contributed by atoms with Crippen molar-refractivity contribution in [1.29, 1.82) is 0 Å². The zero-order chi connectivity index (χ0) is 14.0. The quantitative estimate of drug-likeness (QED) is 0.872. The molecule has 0 radical (unpaired) electrons. The van der Waals surface area contributed by atoms with E-state index in [0.29, 0.717) is 19.0 Å². The van der Waals surface area contributed by atoms with Crippen molar-refractivity contribution in [3.05, 3.63) is 17.7 Å². The van der Waals surface area contributed by atoms with E-state index in [-0.39, 0.29) is 5.91 Å². The standard InChI is InChI=1S/C14H20N2O3/c1-9-7-11-12(19-6-5-18-11)8-10(9)16-13(17)14(2,3)15-4/h7-8,15H,5-6H2,1-4H3,(H,16,17). The molecule has 19 heavy (non-hydrogen) atoms. The summed E-state index contributed by atoms with van der Waals surface area (Å²) in [5.74, 6) is 1.32. The van der Waals surface area contributed by atoms with Gasteiger partial charge in [-0.25, -0.2) is 0 Å². The molecule has 104 valence electrons. The third-order valence-corrected chi connectivity index (χ3v) is 3.33. The molecule has 5 heteroatoms. The van der Waals surface area contributed by atoms with Gasteiger partial charge in [-0.3, -0.25) is 4.79 Å². The van der Waals surface area contributed by atoms with Crippen molar-refractivity contribution in [3.63, 3.8) is 0 Å². The first kappa shape index (κ1) is 13.7. The van der Waals surface area contributed by atoms with Gasteiger partial charge >= 0.3 is 0 Å². The van der Waals surface area contributed by atoms with E-state index in [2.05, 4.69) is 10.6 Å². The van der Waals surface area contributed by atoms with Crippen LogP contribution in [0.5, 0.6) is 11.5 Å². The highest BCUT2D eigenvalue weighted by Crippen LogP contribution is 2.35. The van der Waals surface area contributed by atoms with Crippen LogP contribution in [0.15, 0.2) is 12.1 Å². The van der Waals surface area contributed by atoms with Crippen molar-refractivity contribution in [2.75, 3.05) is 25.6 Å². The molecule has 0 aromatic heterocycles. The maximum absolute atomic E-state index is 12.1. The molecule has 0 unspecified atom stereocenters. The number of rotatable bonds is 3. The number of hydrogen-bond donors (Lipinski definition) is 2. The maximum Gasteiger partial charge on any atom is 0.244 e. The van der Waals surface area contributed by atoms with Crippen molar-refractivity contribution in [2.24, 2.45) is 0 Å². The summed E-state index contributed by atoms with van der Waals surface area (Å²) in [6, 6.07) is 3.70. The van der Waals surface area contributed by atoms with Crippen LogP contribution in [0.1, 0.15) is 19.4 Å². The lowest BCUT2D eigenvalue weighted by Crippen LogP contribution is -2.48. The third-order valence-electron chi connectivity index (χ3n) is 3.33. The Kier molecular flexibility index (Phi) is 3.66. The van der Waals surface area contributed by atoms with Gasteiger partial charge in [0.2, 0.25) is 5.91 Å². The molecule has 5 nitrogen and oxygen atoms in total. The lowest BCUT2D eigenvalue weighted by atomic mass is 10.0. The minimum Gasteiger partial charge on any atom is -0.486 e. The molecule has 1 heterocycles. The molecule has 2 N–H and O–H groups in total. The normalized spacial score (nSPS) is 14.1. The van der Waals surface area contributed by atoms with Crippen LogP contribution in [0.4, 0.5) is 5.69 Å². The third kappa shape index (κ3) is 2.81. The van der Waals surface area contributed by atoms with Crippen LogP contribution in [0.3, 0.4) is 0 Å². The molecule has 1 amide bonds. The van der Waals surface area contributed by atoms with Crippen LogP contribution in [-0.4, -0.2) is 31.7 Å². The van der Waals surface area contributed by atoms with Gasteiger partial charge in [0.25, 0.3) is 0 Å². The predicted octanol–water partition coefficient (Wildman–Crippen LogP) is 1.70. The SMILES string of the molecule is CNC(C)(C)C(=O)Nc1cc2c(cc1C)OCCO2. The Labute approximate surface area is 113 Å². The van der Waals surface area contributed by atoms with Crippen molar-refractivity contribution in [2.45, 2.75) is 26.3 Å². The summed E-state index contributed by atoms with van der Waals surface area (Å²) in [5, 5.41) is 5.89. The van der Waals surface area contributed by atoms with Crippen molar-refractivity contribution in [3.8, 4) is 11.5 Å². The Balaban J connectivity index is 2.24. The number of carbonyl (C=O) groups is 1. The lowest BCUT2D eigenvalue weighted by molar-refractivity contribution is -0.121. The molecule has 1 aromatic rings. The van der Waals surface area contributed by atoms with Crippen LogP contribution in [0.25, 0.3) is 0 Å². The van der Waals surface area contributed by atoms with E-state index < -0.39 is 5.54 Å². The molecule has 0 fully saturated rings. The Hall–Kier alpha value is -1.75. The monoisotopic (exact) mass is 264 g/mol. The summed E-state index contributed by atoms with van der Waals surface area (Å²) in [5.41, 5.74) is 1.07. The number of hydrogen-bond acceptors (Lipinski definition) is 4. The molecular weight excluding hydrogens is 244 g/mol. The van der Waals surface area contributed by atoms with Crippen molar-refractivity contribution in [1.82, 2.24) is 5.32 Å². The average molecular weight is 264 g/mol. The molecule has 0 saturated heterocycles. The molecule has 0 atom stereocenters. The molecule has 0 saturated carbocycles.